The largest absolute Gasteiger partial charge is 0.394 e. The van der Waals surface area contributed by atoms with Crippen molar-refractivity contribution in [1.29, 1.82) is 0 Å². The molecular weight excluding hydrogens is 170 g/mol. The highest BCUT2D eigenvalue weighted by molar-refractivity contribution is 5.91. The van der Waals surface area contributed by atoms with Crippen LogP contribution in [0.2, 0.25) is 0 Å². The molecular formula is C8H15N3O2. The first-order valence-electron chi connectivity index (χ1n) is 4.26. The first-order valence-corrected chi connectivity index (χ1v) is 4.26. The van der Waals surface area contributed by atoms with Crippen molar-refractivity contribution in [2.24, 2.45) is 0 Å². The van der Waals surface area contributed by atoms with Crippen molar-refractivity contribution in [2.45, 2.75) is 27.3 Å². The molecule has 5 heteroatoms. The third-order valence-electron chi connectivity index (χ3n) is 1.29. The van der Waals surface area contributed by atoms with Crippen LogP contribution in [-0.4, -0.2) is 32.5 Å². The normalized spacial score (nSPS) is 8.92. The molecule has 0 saturated heterocycles. The van der Waals surface area contributed by atoms with Gasteiger partial charge in [-0.15, -0.1) is 5.10 Å². The lowest BCUT2D eigenvalue weighted by Crippen LogP contribution is -2.10. The third-order valence-corrected chi connectivity index (χ3v) is 1.29. The molecule has 0 aliphatic rings. The number of carbonyl (C=O) groups is 1. The Morgan fingerprint density at radius 1 is 1.62 bits per heavy atom. The van der Waals surface area contributed by atoms with Crippen LogP contribution < -0.4 is 0 Å². The Labute approximate surface area is 77.4 Å². The lowest BCUT2D eigenvalue weighted by molar-refractivity contribution is 0.100. The van der Waals surface area contributed by atoms with Crippen molar-refractivity contribution >= 4 is 5.78 Å². The predicted molar refractivity (Wildman–Crippen MR) is 48.5 cm³/mol. The van der Waals surface area contributed by atoms with E-state index < -0.39 is 0 Å². The number of carbonyl (C=O) groups excluding carboxylic acids is 1. The van der Waals surface area contributed by atoms with Crippen LogP contribution in [-0.2, 0) is 6.54 Å². The van der Waals surface area contributed by atoms with E-state index in [-0.39, 0.29) is 12.4 Å². The molecule has 0 atom stereocenters. The summed E-state index contributed by atoms with van der Waals surface area (Å²) in [7, 11) is 0. The number of hydrogen-bond donors (Lipinski definition) is 1. The maximum atomic E-state index is 10.8. The summed E-state index contributed by atoms with van der Waals surface area (Å²) in [6, 6.07) is 0. The van der Waals surface area contributed by atoms with Gasteiger partial charge in [0.15, 0.2) is 5.78 Å². The highest BCUT2D eigenvalue weighted by Crippen LogP contribution is 1.95. The molecule has 0 aliphatic heterocycles. The van der Waals surface area contributed by atoms with E-state index in [2.05, 4.69) is 10.3 Å². The minimum Gasteiger partial charge on any atom is -0.394 e. The molecule has 1 aromatic rings. The molecule has 0 unspecified atom stereocenters. The fourth-order valence-electron chi connectivity index (χ4n) is 0.790. The second-order valence-corrected chi connectivity index (χ2v) is 2.12. The van der Waals surface area contributed by atoms with Gasteiger partial charge in [-0.05, 0) is 0 Å². The second kappa shape index (κ2) is 6.30. The highest BCUT2D eigenvalue weighted by atomic mass is 16.3. The summed E-state index contributed by atoms with van der Waals surface area (Å²) in [5.74, 6) is -0.0940. The summed E-state index contributed by atoms with van der Waals surface area (Å²) in [6.07, 6.45) is 1.39. The molecule has 0 bridgehead atoms. The summed E-state index contributed by atoms with van der Waals surface area (Å²) in [5, 5.41) is 15.7. The number of hydrogen-bond acceptors (Lipinski definition) is 4. The molecule has 1 rings (SSSR count). The summed E-state index contributed by atoms with van der Waals surface area (Å²) in [5.41, 5.74) is 0.430. The number of aliphatic hydroxyl groups excluding tert-OH is 1. The maximum Gasteiger partial charge on any atom is 0.179 e. The fraction of sp³-hybridized carbons (Fsp3) is 0.625. The van der Waals surface area contributed by atoms with Gasteiger partial charge in [-0.25, -0.2) is 4.68 Å². The van der Waals surface area contributed by atoms with Crippen molar-refractivity contribution < 1.29 is 9.90 Å². The molecule has 1 heterocycles. The van der Waals surface area contributed by atoms with Crippen molar-refractivity contribution in [2.75, 3.05) is 6.61 Å². The monoisotopic (exact) mass is 185 g/mol. The standard InChI is InChI=1S/C6H9N3O2.C2H6/c1-5(11)6-4-7-8-9(6)2-3-10;1-2/h4,10H,2-3H2,1H3;1-2H3. The van der Waals surface area contributed by atoms with Crippen LogP contribution >= 0.6 is 0 Å². The Balaban J connectivity index is 0.000000671. The quantitative estimate of drug-likeness (QED) is 0.696. The van der Waals surface area contributed by atoms with Crippen LogP contribution in [0.5, 0.6) is 0 Å². The van der Waals surface area contributed by atoms with Crippen LogP contribution in [0, 0.1) is 0 Å². The van der Waals surface area contributed by atoms with Crippen molar-refractivity contribution in [3.05, 3.63) is 11.9 Å². The molecule has 0 radical (unpaired) electrons. The first-order chi connectivity index (χ1) is 6.25. The Morgan fingerprint density at radius 3 is 2.69 bits per heavy atom. The maximum absolute atomic E-state index is 10.8. The van der Waals surface area contributed by atoms with Gasteiger partial charge < -0.3 is 5.11 Å². The van der Waals surface area contributed by atoms with Gasteiger partial charge in [0.2, 0.25) is 0 Å². The van der Waals surface area contributed by atoms with Gasteiger partial charge in [0, 0.05) is 6.92 Å². The van der Waals surface area contributed by atoms with E-state index in [1.165, 1.54) is 17.8 Å². The smallest absolute Gasteiger partial charge is 0.179 e. The van der Waals surface area contributed by atoms with Gasteiger partial charge in [-0.1, -0.05) is 19.1 Å². The van der Waals surface area contributed by atoms with Gasteiger partial charge in [0.25, 0.3) is 0 Å². The Bertz CT molecular complexity index is 258. The second-order valence-electron chi connectivity index (χ2n) is 2.12. The molecule has 0 spiro atoms. The molecule has 0 aliphatic carbocycles. The van der Waals surface area contributed by atoms with Gasteiger partial charge >= 0.3 is 0 Å². The molecule has 5 nitrogen and oxygen atoms in total. The van der Waals surface area contributed by atoms with Gasteiger partial charge in [-0.2, -0.15) is 0 Å². The number of nitrogens with zero attached hydrogens (tertiary/aromatic N) is 3. The molecule has 74 valence electrons. The molecule has 1 aromatic heterocycles. The molecule has 13 heavy (non-hydrogen) atoms. The molecule has 0 saturated carbocycles. The van der Waals surface area contributed by atoms with E-state index in [9.17, 15) is 4.79 Å². The number of rotatable bonds is 3. The lowest BCUT2D eigenvalue weighted by Gasteiger charge is -1.98. The minimum atomic E-state index is -0.0940. The Hall–Kier alpha value is -1.23. The minimum absolute atomic E-state index is 0.0381. The summed E-state index contributed by atoms with van der Waals surface area (Å²) in [4.78, 5) is 10.8. The van der Waals surface area contributed by atoms with Gasteiger partial charge in [-0.3, -0.25) is 4.79 Å². The number of ketones is 1. The first kappa shape index (κ1) is 11.8. The Morgan fingerprint density at radius 2 is 2.23 bits per heavy atom. The lowest BCUT2D eigenvalue weighted by atomic mass is 10.3. The zero-order valence-corrected chi connectivity index (χ0v) is 8.19. The predicted octanol–water partition coefficient (Wildman–Crippen LogP) is 0.499. The Kier molecular flexibility index (Phi) is 5.71. The third kappa shape index (κ3) is 3.33. The topological polar surface area (TPSA) is 68.0 Å². The summed E-state index contributed by atoms with van der Waals surface area (Å²) < 4.78 is 1.38. The van der Waals surface area contributed by atoms with E-state index in [0.717, 1.165) is 0 Å². The van der Waals surface area contributed by atoms with E-state index in [0.29, 0.717) is 12.2 Å². The SMILES string of the molecule is CC.CC(=O)c1cnnn1CCO. The molecule has 1 N–H and O–H groups in total. The van der Waals surface area contributed by atoms with E-state index in [1.54, 1.807) is 0 Å². The molecule has 0 aromatic carbocycles. The average molecular weight is 185 g/mol. The van der Waals surface area contributed by atoms with Gasteiger partial charge in [0.05, 0.1) is 19.3 Å². The highest BCUT2D eigenvalue weighted by Gasteiger charge is 2.06. The van der Waals surface area contributed by atoms with Crippen molar-refractivity contribution in [1.82, 2.24) is 15.0 Å². The number of Topliss-reactive ketones (excluding diaryl/α,β-unsaturated/α-hetero) is 1. The molecule has 0 fully saturated rings. The summed E-state index contributed by atoms with van der Waals surface area (Å²) >= 11 is 0. The van der Waals surface area contributed by atoms with Crippen LogP contribution in [0.1, 0.15) is 31.3 Å². The van der Waals surface area contributed by atoms with Gasteiger partial charge in [0.1, 0.15) is 5.69 Å². The van der Waals surface area contributed by atoms with Crippen LogP contribution in [0.25, 0.3) is 0 Å². The van der Waals surface area contributed by atoms with Crippen LogP contribution in [0.15, 0.2) is 6.20 Å². The van der Waals surface area contributed by atoms with E-state index in [4.69, 9.17) is 5.11 Å². The number of aliphatic hydroxyl groups is 1. The average Bonchev–Trinajstić information content (AvgIpc) is 2.57. The van der Waals surface area contributed by atoms with E-state index >= 15 is 0 Å². The van der Waals surface area contributed by atoms with Crippen LogP contribution in [0.3, 0.4) is 0 Å². The number of aromatic nitrogens is 3. The fourth-order valence-corrected chi connectivity index (χ4v) is 0.790. The zero-order chi connectivity index (χ0) is 10.3. The van der Waals surface area contributed by atoms with Crippen molar-refractivity contribution in [3.8, 4) is 0 Å². The van der Waals surface area contributed by atoms with E-state index in [1.807, 2.05) is 13.8 Å². The van der Waals surface area contributed by atoms with Crippen molar-refractivity contribution in [3.63, 3.8) is 0 Å². The van der Waals surface area contributed by atoms with Crippen LogP contribution in [0.4, 0.5) is 0 Å². The summed E-state index contributed by atoms with van der Waals surface area (Å²) in [6.45, 7) is 5.71. The molecule has 0 amide bonds. The zero-order valence-electron chi connectivity index (χ0n) is 8.19.